The lowest BCUT2D eigenvalue weighted by Gasteiger charge is -1.93. The summed E-state index contributed by atoms with van der Waals surface area (Å²) in [4.78, 5) is 0. The van der Waals surface area contributed by atoms with E-state index >= 15 is 0 Å². The number of aromatic nitrogens is 1. The Balaban J connectivity index is 2.00. The zero-order valence-corrected chi connectivity index (χ0v) is 11.0. The van der Waals surface area contributed by atoms with Gasteiger partial charge in [0.15, 0.2) is 6.20 Å². The van der Waals surface area contributed by atoms with Crippen LogP contribution >= 0.6 is 11.3 Å². The van der Waals surface area contributed by atoms with E-state index in [9.17, 15) is 0 Å². The van der Waals surface area contributed by atoms with Gasteiger partial charge in [0.2, 0.25) is 5.69 Å². The number of nitrogens with zero attached hydrogens (tertiary/aromatic N) is 1. The van der Waals surface area contributed by atoms with Crippen molar-refractivity contribution < 1.29 is 4.57 Å². The van der Waals surface area contributed by atoms with E-state index in [1.54, 1.807) is 11.3 Å². The molecule has 0 fully saturated rings. The second kappa shape index (κ2) is 4.75. The van der Waals surface area contributed by atoms with Crippen molar-refractivity contribution in [1.82, 2.24) is 0 Å². The van der Waals surface area contributed by atoms with Crippen LogP contribution < -0.4 is 4.57 Å². The van der Waals surface area contributed by atoms with Crippen molar-refractivity contribution in [3.63, 3.8) is 0 Å². The van der Waals surface area contributed by atoms with Gasteiger partial charge >= 0.3 is 0 Å². The molecule has 2 heterocycles. The standard InChI is InChI=1S/C16H14NS/c1-17-11-5-4-6-14(17)10-9-13-12-18-16-8-3-2-7-15(13)16/h2-12H,1H3/q+1. The van der Waals surface area contributed by atoms with E-state index in [0.717, 1.165) is 0 Å². The largest absolute Gasteiger partial charge is 0.204 e. The lowest BCUT2D eigenvalue weighted by molar-refractivity contribution is -0.673. The predicted molar refractivity (Wildman–Crippen MR) is 78.4 cm³/mol. The fraction of sp³-hybridized carbons (Fsp3) is 0.0625. The van der Waals surface area contributed by atoms with Crippen LogP contribution in [0, 0.1) is 0 Å². The van der Waals surface area contributed by atoms with Crippen LogP contribution in [0.25, 0.3) is 22.2 Å². The summed E-state index contributed by atoms with van der Waals surface area (Å²) in [6.45, 7) is 0. The van der Waals surface area contributed by atoms with Gasteiger partial charge in [-0.3, -0.25) is 0 Å². The van der Waals surface area contributed by atoms with Crippen LogP contribution in [0.4, 0.5) is 0 Å². The van der Waals surface area contributed by atoms with Crippen LogP contribution in [0.1, 0.15) is 11.3 Å². The minimum Gasteiger partial charge on any atom is -0.202 e. The molecule has 0 radical (unpaired) electrons. The number of thiophene rings is 1. The molecule has 0 saturated heterocycles. The molecule has 0 aliphatic heterocycles. The van der Waals surface area contributed by atoms with E-state index in [-0.39, 0.29) is 0 Å². The minimum absolute atomic E-state index is 1.20. The average Bonchev–Trinajstić information content (AvgIpc) is 2.81. The molecular formula is C16H14NS+. The van der Waals surface area contributed by atoms with E-state index in [2.05, 4.69) is 71.7 Å². The lowest BCUT2D eigenvalue weighted by Crippen LogP contribution is -2.30. The van der Waals surface area contributed by atoms with Gasteiger partial charge in [-0.25, -0.2) is 4.57 Å². The van der Waals surface area contributed by atoms with E-state index in [1.807, 2.05) is 6.07 Å². The predicted octanol–water partition coefficient (Wildman–Crippen LogP) is 3.90. The summed E-state index contributed by atoms with van der Waals surface area (Å²) in [5.41, 5.74) is 2.49. The molecule has 0 bridgehead atoms. The van der Waals surface area contributed by atoms with Gasteiger partial charge in [0.1, 0.15) is 7.05 Å². The summed E-state index contributed by atoms with van der Waals surface area (Å²) >= 11 is 1.80. The Kier molecular flexibility index (Phi) is 2.95. The number of rotatable bonds is 2. The molecule has 88 valence electrons. The molecule has 0 atom stereocenters. The van der Waals surface area contributed by atoms with Crippen LogP contribution in [-0.4, -0.2) is 0 Å². The Morgan fingerprint density at radius 3 is 2.72 bits per heavy atom. The van der Waals surface area contributed by atoms with Gasteiger partial charge in [-0.05, 0) is 34.5 Å². The fourth-order valence-electron chi connectivity index (χ4n) is 2.01. The van der Waals surface area contributed by atoms with Crippen molar-refractivity contribution in [2.75, 3.05) is 0 Å². The second-order valence-corrected chi connectivity index (χ2v) is 5.17. The van der Waals surface area contributed by atoms with E-state index < -0.39 is 0 Å². The summed E-state index contributed by atoms with van der Waals surface area (Å²) in [5.74, 6) is 0. The summed E-state index contributed by atoms with van der Waals surface area (Å²) in [7, 11) is 2.06. The first kappa shape index (κ1) is 11.2. The molecule has 18 heavy (non-hydrogen) atoms. The van der Waals surface area contributed by atoms with Gasteiger partial charge in [0, 0.05) is 22.9 Å². The molecule has 0 saturated carbocycles. The third-order valence-electron chi connectivity index (χ3n) is 3.04. The third-order valence-corrected chi connectivity index (χ3v) is 4.02. The van der Waals surface area contributed by atoms with Crippen LogP contribution in [0.5, 0.6) is 0 Å². The highest BCUT2D eigenvalue weighted by Crippen LogP contribution is 2.26. The molecule has 3 aromatic rings. The van der Waals surface area contributed by atoms with Crippen LogP contribution in [0.3, 0.4) is 0 Å². The van der Waals surface area contributed by atoms with Crippen molar-refractivity contribution in [3.05, 3.63) is 65.3 Å². The SMILES string of the molecule is C[n+]1ccccc1C=Cc1csc2ccccc12. The average molecular weight is 252 g/mol. The van der Waals surface area contributed by atoms with Crippen LogP contribution in [0.2, 0.25) is 0 Å². The second-order valence-electron chi connectivity index (χ2n) is 4.26. The Morgan fingerprint density at radius 1 is 1.00 bits per heavy atom. The highest BCUT2D eigenvalue weighted by Gasteiger charge is 2.02. The molecule has 2 heteroatoms. The highest BCUT2D eigenvalue weighted by atomic mass is 32.1. The smallest absolute Gasteiger partial charge is 0.202 e. The molecule has 0 amide bonds. The first-order valence-corrected chi connectivity index (χ1v) is 6.81. The van der Waals surface area contributed by atoms with Gasteiger partial charge in [-0.15, -0.1) is 11.3 Å². The van der Waals surface area contributed by atoms with Gasteiger partial charge in [-0.1, -0.05) is 18.2 Å². The molecule has 0 aliphatic rings. The Labute approximate surface area is 111 Å². The molecule has 1 nitrogen and oxygen atoms in total. The van der Waals surface area contributed by atoms with Crippen molar-refractivity contribution >= 4 is 33.6 Å². The Bertz CT molecular complexity index is 710. The number of fused-ring (bicyclic) bond motifs is 1. The molecular weight excluding hydrogens is 238 g/mol. The fourth-order valence-corrected chi connectivity index (χ4v) is 2.94. The van der Waals surface area contributed by atoms with Crippen molar-refractivity contribution in [3.8, 4) is 0 Å². The van der Waals surface area contributed by atoms with Crippen LogP contribution in [-0.2, 0) is 7.05 Å². The van der Waals surface area contributed by atoms with Crippen LogP contribution in [0.15, 0.2) is 54.0 Å². The molecule has 1 aromatic carbocycles. The molecule has 0 aliphatic carbocycles. The number of pyridine rings is 1. The first-order valence-electron chi connectivity index (χ1n) is 5.93. The van der Waals surface area contributed by atoms with E-state index in [4.69, 9.17) is 0 Å². The third kappa shape index (κ3) is 2.07. The van der Waals surface area contributed by atoms with Gasteiger partial charge in [0.25, 0.3) is 0 Å². The van der Waals surface area contributed by atoms with Gasteiger partial charge < -0.3 is 0 Å². The lowest BCUT2D eigenvalue weighted by atomic mass is 10.1. The zero-order valence-electron chi connectivity index (χ0n) is 10.2. The molecule has 3 rings (SSSR count). The quantitative estimate of drug-likeness (QED) is 0.609. The Hall–Kier alpha value is -1.93. The Morgan fingerprint density at radius 2 is 1.83 bits per heavy atom. The summed E-state index contributed by atoms with van der Waals surface area (Å²) in [5, 5.41) is 3.54. The molecule has 2 aromatic heterocycles. The summed E-state index contributed by atoms with van der Waals surface area (Å²) in [6, 6.07) is 14.7. The molecule has 0 spiro atoms. The van der Waals surface area contributed by atoms with Crippen molar-refractivity contribution in [1.29, 1.82) is 0 Å². The first-order chi connectivity index (χ1) is 8.84. The summed E-state index contributed by atoms with van der Waals surface area (Å²) in [6.07, 6.45) is 6.41. The monoisotopic (exact) mass is 252 g/mol. The normalized spacial score (nSPS) is 11.4. The topological polar surface area (TPSA) is 3.88 Å². The number of benzene rings is 1. The molecule has 0 unspecified atom stereocenters. The maximum Gasteiger partial charge on any atom is 0.204 e. The van der Waals surface area contributed by atoms with E-state index in [0.29, 0.717) is 0 Å². The molecule has 0 N–H and O–H groups in total. The van der Waals surface area contributed by atoms with Gasteiger partial charge in [0.05, 0.1) is 0 Å². The zero-order chi connectivity index (χ0) is 12.4. The summed E-state index contributed by atoms with van der Waals surface area (Å²) < 4.78 is 3.46. The number of hydrogen-bond acceptors (Lipinski definition) is 1. The van der Waals surface area contributed by atoms with E-state index in [1.165, 1.54) is 21.3 Å². The maximum absolute atomic E-state index is 2.21. The van der Waals surface area contributed by atoms with Crippen molar-refractivity contribution in [2.24, 2.45) is 7.05 Å². The minimum atomic E-state index is 1.20. The number of aryl methyl sites for hydroxylation is 1. The van der Waals surface area contributed by atoms with Crippen molar-refractivity contribution in [2.45, 2.75) is 0 Å². The van der Waals surface area contributed by atoms with Gasteiger partial charge in [-0.2, -0.15) is 0 Å². The maximum atomic E-state index is 2.21. The number of hydrogen-bond donors (Lipinski definition) is 0. The highest BCUT2D eigenvalue weighted by molar-refractivity contribution is 7.17.